The number of hydrogen-bond acceptors (Lipinski definition) is 5. The minimum absolute atomic E-state index is 0.0735. The van der Waals surface area contributed by atoms with Gasteiger partial charge in [0.1, 0.15) is 5.75 Å². The highest BCUT2D eigenvalue weighted by molar-refractivity contribution is 7.92. The van der Waals surface area contributed by atoms with Crippen molar-refractivity contribution in [3.8, 4) is 5.75 Å². The van der Waals surface area contributed by atoms with Crippen molar-refractivity contribution in [2.24, 2.45) is 0 Å². The van der Waals surface area contributed by atoms with E-state index in [0.717, 1.165) is 0 Å². The SMILES string of the molecule is COCc1ccccc1S(=O)(=O)Nc1ccc(O)cc1C(C)=O. The first-order valence-corrected chi connectivity index (χ1v) is 8.27. The summed E-state index contributed by atoms with van der Waals surface area (Å²) >= 11 is 0. The number of sulfonamides is 1. The molecule has 0 amide bonds. The monoisotopic (exact) mass is 335 g/mol. The van der Waals surface area contributed by atoms with Gasteiger partial charge in [-0.25, -0.2) is 8.42 Å². The van der Waals surface area contributed by atoms with E-state index in [9.17, 15) is 18.3 Å². The van der Waals surface area contributed by atoms with Gasteiger partial charge in [0, 0.05) is 12.7 Å². The lowest BCUT2D eigenvalue weighted by Crippen LogP contribution is -2.17. The highest BCUT2D eigenvalue weighted by Crippen LogP contribution is 2.26. The first-order chi connectivity index (χ1) is 10.8. The predicted molar refractivity (Wildman–Crippen MR) is 86.1 cm³/mol. The average molecular weight is 335 g/mol. The van der Waals surface area contributed by atoms with Gasteiger partial charge in [-0.05, 0) is 36.8 Å². The van der Waals surface area contributed by atoms with Gasteiger partial charge in [-0.2, -0.15) is 0 Å². The molecule has 0 aliphatic carbocycles. The largest absolute Gasteiger partial charge is 0.508 e. The molecule has 0 heterocycles. The number of phenolic OH excluding ortho intramolecular Hbond substituents is 1. The van der Waals surface area contributed by atoms with E-state index in [1.54, 1.807) is 18.2 Å². The molecule has 0 atom stereocenters. The summed E-state index contributed by atoms with van der Waals surface area (Å²) in [7, 11) is -2.42. The summed E-state index contributed by atoms with van der Waals surface area (Å²) in [6.07, 6.45) is 0. The number of carbonyl (C=O) groups excluding carboxylic acids is 1. The third-order valence-corrected chi connectivity index (χ3v) is 4.65. The molecule has 2 rings (SSSR count). The Kier molecular flexibility index (Phi) is 5.02. The minimum Gasteiger partial charge on any atom is -0.508 e. The van der Waals surface area contributed by atoms with E-state index in [2.05, 4.69) is 4.72 Å². The Hall–Kier alpha value is -2.38. The van der Waals surface area contributed by atoms with Gasteiger partial charge in [0.25, 0.3) is 10.0 Å². The molecule has 0 fully saturated rings. The summed E-state index contributed by atoms with van der Waals surface area (Å²) in [5, 5.41) is 9.47. The molecule has 122 valence electrons. The maximum Gasteiger partial charge on any atom is 0.262 e. The van der Waals surface area contributed by atoms with Crippen LogP contribution in [0, 0.1) is 0 Å². The fraction of sp³-hybridized carbons (Fsp3) is 0.188. The lowest BCUT2D eigenvalue weighted by atomic mass is 10.1. The molecule has 0 bridgehead atoms. The smallest absolute Gasteiger partial charge is 0.262 e. The van der Waals surface area contributed by atoms with Crippen molar-refractivity contribution in [1.29, 1.82) is 0 Å². The molecule has 0 aromatic heterocycles. The van der Waals surface area contributed by atoms with Crippen LogP contribution in [0.1, 0.15) is 22.8 Å². The van der Waals surface area contributed by atoms with E-state index < -0.39 is 10.0 Å². The van der Waals surface area contributed by atoms with Crippen LogP contribution in [-0.4, -0.2) is 26.4 Å². The Labute approximate surface area is 134 Å². The van der Waals surface area contributed by atoms with Gasteiger partial charge in [-0.15, -0.1) is 0 Å². The quantitative estimate of drug-likeness (QED) is 0.625. The lowest BCUT2D eigenvalue weighted by molar-refractivity contribution is 0.101. The maximum absolute atomic E-state index is 12.6. The standard InChI is InChI=1S/C16H17NO5S/c1-11(18)14-9-13(19)7-8-15(14)17-23(20,21)16-6-4-3-5-12(16)10-22-2/h3-9,17,19H,10H2,1-2H3. The van der Waals surface area contributed by atoms with Crippen molar-refractivity contribution in [1.82, 2.24) is 0 Å². The van der Waals surface area contributed by atoms with Crippen molar-refractivity contribution >= 4 is 21.5 Å². The third kappa shape index (κ3) is 3.88. The number of ether oxygens (including phenoxy) is 1. The molecule has 0 spiro atoms. The Morgan fingerprint density at radius 2 is 1.91 bits per heavy atom. The zero-order valence-electron chi connectivity index (χ0n) is 12.7. The third-order valence-electron chi connectivity index (χ3n) is 3.19. The van der Waals surface area contributed by atoms with Crippen LogP contribution in [0.3, 0.4) is 0 Å². The van der Waals surface area contributed by atoms with Gasteiger partial charge in [-0.3, -0.25) is 9.52 Å². The molecule has 2 aromatic rings. The van der Waals surface area contributed by atoms with Crippen molar-refractivity contribution < 1.29 is 23.1 Å². The predicted octanol–water partition coefficient (Wildman–Crippen LogP) is 2.54. The van der Waals surface area contributed by atoms with E-state index in [4.69, 9.17) is 4.74 Å². The Morgan fingerprint density at radius 3 is 2.57 bits per heavy atom. The zero-order valence-corrected chi connectivity index (χ0v) is 13.6. The minimum atomic E-state index is -3.90. The van der Waals surface area contributed by atoms with E-state index >= 15 is 0 Å². The van der Waals surface area contributed by atoms with Crippen LogP contribution in [0.5, 0.6) is 5.75 Å². The number of benzene rings is 2. The Bertz CT molecular complexity index is 830. The van der Waals surface area contributed by atoms with Gasteiger partial charge < -0.3 is 9.84 Å². The topological polar surface area (TPSA) is 92.7 Å². The van der Waals surface area contributed by atoms with Gasteiger partial charge in [-0.1, -0.05) is 18.2 Å². The average Bonchev–Trinajstić information content (AvgIpc) is 2.49. The molecule has 2 N–H and O–H groups in total. The second-order valence-corrected chi connectivity index (χ2v) is 6.58. The molecule has 0 aliphatic heterocycles. The number of carbonyl (C=O) groups is 1. The molecule has 6 nitrogen and oxygen atoms in total. The molecular weight excluding hydrogens is 318 g/mol. The van der Waals surface area contributed by atoms with Crippen LogP contribution in [-0.2, 0) is 21.4 Å². The van der Waals surface area contributed by atoms with Crippen molar-refractivity contribution in [2.45, 2.75) is 18.4 Å². The number of anilines is 1. The van der Waals surface area contributed by atoms with Crippen LogP contribution in [0.4, 0.5) is 5.69 Å². The van der Waals surface area contributed by atoms with Crippen LogP contribution < -0.4 is 4.72 Å². The molecule has 0 saturated heterocycles. The summed E-state index contributed by atoms with van der Waals surface area (Å²) < 4.78 is 32.6. The molecule has 0 aliphatic rings. The molecule has 7 heteroatoms. The fourth-order valence-corrected chi connectivity index (χ4v) is 3.46. The first kappa shape index (κ1) is 17.0. The van der Waals surface area contributed by atoms with Crippen LogP contribution in [0.2, 0.25) is 0 Å². The number of methoxy groups -OCH3 is 1. The molecule has 2 aromatic carbocycles. The van der Waals surface area contributed by atoms with Crippen LogP contribution in [0.15, 0.2) is 47.4 Å². The molecule has 0 radical (unpaired) electrons. The summed E-state index contributed by atoms with van der Waals surface area (Å²) in [6.45, 7) is 1.44. The van der Waals surface area contributed by atoms with Gasteiger partial charge in [0.15, 0.2) is 5.78 Å². The second-order valence-electron chi connectivity index (χ2n) is 4.93. The Balaban J connectivity index is 2.46. The van der Waals surface area contributed by atoms with Gasteiger partial charge >= 0.3 is 0 Å². The second kappa shape index (κ2) is 6.80. The van der Waals surface area contributed by atoms with Crippen molar-refractivity contribution in [3.63, 3.8) is 0 Å². The van der Waals surface area contributed by atoms with E-state index in [1.807, 2.05) is 0 Å². The number of hydrogen-bond donors (Lipinski definition) is 2. The molecule has 23 heavy (non-hydrogen) atoms. The van der Waals surface area contributed by atoms with Crippen LogP contribution in [0.25, 0.3) is 0 Å². The molecule has 0 saturated carbocycles. The summed E-state index contributed by atoms with van der Waals surface area (Å²) in [6, 6.07) is 10.3. The fourth-order valence-electron chi connectivity index (χ4n) is 2.15. The highest BCUT2D eigenvalue weighted by Gasteiger charge is 2.20. The van der Waals surface area contributed by atoms with Gasteiger partial charge in [0.05, 0.1) is 17.2 Å². The number of rotatable bonds is 6. The number of aromatic hydroxyl groups is 1. The summed E-state index contributed by atoms with van der Waals surface area (Å²) in [5.74, 6) is -0.471. The maximum atomic E-state index is 12.6. The molecule has 0 unspecified atom stereocenters. The van der Waals surface area contributed by atoms with E-state index in [0.29, 0.717) is 5.56 Å². The van der Waals surface area contributed by atoms with Crippen molar-refractivity contribution in [2.75, 3.05) is 11.8 Å². The van der Waals surface area contributed by atoms with Crippen molar-refractivity contribution in [3.05, 3.63) is 53.6 Å². The highest BCUT2D eigenvalue weighted by atomic mass is 32.2. The van der Waals surface area contributed by atoms with Gasteiger partial charge in [0.2, 0.25) is 0 Å². The number of phenols is 1. The van der Waals surface area contributed by atoms with E-state index in [1.165, 1.54) is 38.3 Å². The lowest BCUT2D eigenvalue weighted by Gasteiger charge is -2.14. The normalized spacial score (nSPS) is 11.2. The number of ketones is 1. The molecular formula is C16H17NO5S. The van der Waals surface area contributed by atoms with Crippen LogP contribution >= 0.6 is 0 Å². The number of nitrogens with one attached hydrogen (secondary N) is 1. The van der Waals surface area contributed by atoms with E-state index in [-0.39, 0.29) is 34.3 Å². The number of Topliss-reactive ketones (excluding diaryl/α,β-unsaturated/α-hetero) is 1. The first-order valence-electron chi connectivity index (χ1n) is 6.79. The summed E-state index contributed by atoms with van der Waals surface area (Å²) in [5.41, 5.74) is 0.714. The Morgan fingerprint density at radius 1 is 1.22 bits per heavy atom. The zero-order chi connectivity index (χ0) is 17.0. The summed E-state index contributed by atoms with van der Waals surface area (Å²) in [4.78, 5) is 11.7.